The predicted molar refractivity (Wildman–Crippen MR) is 71.1 cm³/mol. The molecule has 0 bridgehead atoms. The highest BCUT2D eigenvalue weighted by molar-refractivity contribution is 9.11. The third kappa shape index (κ3) is 3.30. The Morgan fingerprint density at radius 2 is 2.24 bits per heavy atom. The summed E-state index contributed by atoms with van der Waals surface area (Å²) in [6, 6.07) is 3.59. The van der Waals surface area contributed by atoms with E-state index in [0.29, 0.717) is 0 Å². The third-order valence-electron chi connectivity index (χ3n) is 2.76. The first-order valence-corrected chi connectivity index (χ1v) is 6.45. The van der Waals surface area contributed by atoms with Gasteiger partial charge in [0.15, 0.2) is 0 Å². The van der Waals surface area contributed by atoms with Crippen LogP contribution in [-0.2, 0) is 0 Å². The molecular formula is C12H14BrN3O. The molecule has 1 aromatic heterocycles. The number of piperidine rings is 1. The minimum Gasteiger partial charge on any atom is -0.324 e. The summed E-state index contributed by atoms with van der Waals surface area (Å²) in [7, 11) is 0. The molecule has 1 aromatic rings. The number of carbonyl (C=O) groups is 1. The standard InChI is InChI=1S/C12H14BrN3O/c13-8-10-3-6-16(7-4-10)12(17)15-11-2-1-5-14-9-11/h1-2,5,8-9H,3-4,6-7H2,(H,15,17). The van der Waals surface area contributed by atoms with Crippen molar-refractivity contribution in [3.8, 4) is 0 Å². The molecule has 0 saturated carbocycles. The Hall–Kier alpha value is -1.36. The maximum absolute atomic E-state index is 11.9. The van der Waals surface area contributed by atoms with Gasteiger partial charge in [0.1, 0.15) is 0 Å². The summed E-state index contributed by atoms with van der Waals surface area (Å²) in [5.41, 5.74) is 2.09. The number of rotatable bonds is 1. The SMILES string of the molecule is O=C(Nc1cccnc1)N1CCC(=CBr)CC1. The highest BCUT2D eigenvalue weighted by Gasteiger charge is 2.18. The lowest BCUT2D eigenvalue weighted by Gasteiger charge is -2.28. The van der Waals surface area contributed by atoms with Gasteiger partial charge in [0.25, 0.3) is 0 Å². The Kier molecular flexibility index (Phi) is 4.14. The van der Waals surface area contributed by atoms with Gasteiger partial charge in [-0.3, -0.25) is 4.98 Å². The molecule has 2 amide bonds. The zero-order valence-corrected chi connectivity index (χ0v) is 11.0. The van der Waals surface area contributed by atoms with Gasteiger partial charge in [-0.1, -0.05) is 21.5 Å². The van der Waals surface area contributed by atoms with E-state index in [1.807, 2.05) is 16.0 Å². The maximum atomic E-state index is 11.9. The van der Waals surface area contributed by atoms with Crippen molar-refractivity contribution < 1.29 is 4.79 Å². The van der Waals surface area contributed by atoms with E-state index in [1.54, 1.807) is 18.5 Å². The topological polar surface area (TPSA) is 45.2 Å². The fourth-order valence-electron chi connectivity index (χ4n) is 1.75. The number of anilines is 1. The van der Waals surface area contributed by atoms with E-state index in [2.05, 4.69) is 26.2 Å². The molecule has 1 aliphatic heterocycles. The van der Waals surface area contributed by atoms with Crippen LogP contribution in [0, 0.1) is 0 Å². The van der Waals surface area contributed by atoms with Gasteiger partial charge in [0.2, 0.25) is 0 Å². The molecule has 1 fully saturated rings. The Morgan fingerprint density at radius 3 is 2.82 bits per heavy atom. The molecule has 1 saturated heterocycles. The van der Waals surface area contributed by atoms with Gasteiger partial charge in [0, 0.05) is 19.3 Å². The van der Waals surface area contributed by atoms with Gasteiger partial charge in [0.05, 0.1) is 11.9 Å². The first-order valence-electron chi connectivity index (χ1n) is 5.53. The van der Waals surface area contributed by atoms with E-state index >= 15 is 0 Å². The molecule has 0 unspecified atom stereocenters. The van der Waals surface area contributed by atoms with Crippen LogP contribution < -0.4 is 5.32 Å². The quantitative estimate of drug-likeness (QED) is 0.866. The summed E-state index contributed by atoms with van der Waals surface area (Å²) in [5.74, 6) is 0. The van der Waals surface area contributed by atoms with E-state index in [-0.39, 0.29) is 6.03 Å². The lowest BCUT2D eigenvalue weighted by molar-refractivity contribution is 0.207. The smallest absolute Gasteiger partial charge is 0.321 e. The van der Waals surface area contributed by atoms with Crippen LogP contribution in [0.25, 0.3) is 0 Å². The highest BCUT2D eigenvalue weighted by atomic mass is 79.9. The summed E-state index contributed by atoms with van der Waals surface area (Å²) in [5, 5.41) is 2.84. The molecular weight excluding hydrogens is 282 g/mol. The van der Waals surface area contributed by atoms with E-state index in [9.17, 15) is 4.79 Å². The number of nitrogens with zero attached hydrogens (tertiary/aromatic N) is 2. The molecule has 4 nitrogen and oxygen atoms in total. The van der Waals surface area contributed by atoms with Crippen molar-refractivity contribution in [3.63, 3.8) is 0 Å². The molecule has 2 rings (SSSR count). The minimum atomic E-state index is -0.0494. The number of hydrogen-bond acceptors (Lipinski definition) is 2. The number of hydrogen-bond donors (Lipinski definition) is 1. The van der Waals surface area contributed by atoms with Gasteiger partial charge < -0.3 is 10.2 Å². The second kappa shape index (κ2) is 5.82. The fraction of sp³-hybridized carbons (Fsp3) is 0.333. The normalized spacial score (nSPS) is 15.6. The van der Waals surface area contributed by atoms with Gasteiger partial charge in [-0.15, -0.1) is 0 Å². The Balaban J connectivity index is 1.89. The van der Waals surface area contributed by atoms with Crippen molar-refractivity contribution >= 4 is 27.6 Å². The van der Waals surface area contributed by atoms with Crippen LogP contribution in [0.15, 0.2) is 35.1 Å². The molecule has 0 aliphatic carbocycles. The zero-order chi connectivity index (χ0) is 12.1. The van der Waals surface area contributed by atoms with E-state index in [4.69, 9.17) is 0 Å². The number of aromatic nitrogens is 1. The first kappa shape index (κ1) is 12.1. The number of nitrogens with one attached hydrogen (secondary N) is 1. The van der Waals surface area contributed by atoms with Crippen LogP contribution >= 0.6 is 15.9 Å². The zero-order valence-electron chi connectivity index (χ0n) is 9.40. The van der Waals surface area contributed by atoms with Crippen LogP contribution in [0.1, 0.15) is 12.8 Å². The largest absolute Gasteiger partial charge is 0.324 e. The third-order valence-corrected chi connectivity index (χ3v) is 3.41. The minimum absolute atomic E-state index is 0.0494. The van der Waals surface area contributed by atoms with Crippen LogP contribution in [0.3, 0.4) is 0 Å². The number of likely N-dealkylation sites (tertiary alicyclic amines) is 1. The number of halogens is 1. The van der Waals surface area contributed by atoms with E-state index in [0.717, 1.165) is 31.6 Å². The van der Waals surface area contributed by atoms with Crippen molar-refractivity contribution in [1.29, 1.82) is 0 Å². The van der Waals surface area contributed by atoms with Crippen LogP contribution in [0.4, 0.5) is 10.5 Å². The molecule has 2 heterocycles. The molecule has 0 radical (unpaired) electrons. The highest BCUT2D eigenvalue weighted by Crippen LogP contribution is 2.18. The van der Waals surface area contributed by atoms with Crippen molar-refractivity contribution in [2.75, 3.05) is 18.4 Å². The molecule has 0 atom stereocenters. The second-order valence-electron chi connectivity index (χ2n) is 3.93. The van der Waals surface area contributed by atoms with Gasteiger partial charge >= 0.3 is 6.03 Å². The van der Waals surface area contributed by atoms with E-state index < -0.39 is 0 Å². The van der Waals surface area contributed by atoms with Crippen LogP contribution in [0.2, 0.25) is 0 Å². The molecule has 0 aromatic carbocycles. The summed E-state index contributed by atoms with van der Waals surface area (Å²) < 4.78 is 0. The van der Waals surface area contributed by atoms with Crippen molar-refractivity contribution in [3.05, 3.63) is 35.1 Å². The molecule has 5 heteroatoms. The average molecular weight is 296 g/mol. The number of amides is 2. The second-order valence-corrected chi connectivity index (χ2v) is 4.38. The maximum Gasteiger partial charge on any atom is 0.321 e. The number of carbonyl (C=O) groups excluding carboxylic acids is 1. The lowest BCUT2D eigenvalue weighted by atomic mass is 10.1. The van der Waals surface area contributed by atoms with Gasteiger partial charge in [-0.05, 0) is 30.0 Å². The first-order chi connectivity index (χ1) is 8.29. The Morgan fingerprint density at radius 1 is 1.47 bits per heavy atom. The van der Waals surface area contributed by atoms with E-state index in [1.165, 1.54) is 5.57 Å². The van der Waals surface area contributed by atoms with Crippen molar-refractivity contribution in [2.24, 2.45) is 0 Å². The van der Waals surface area contributed by atoms with Crippen LogP contribution in [-0.4, -0.2) is 29.0 Å². The summed E-state index contributed by atoms with van der Waals surface area (Å²) in [6.45, 7) is 1.53. The number of urea groups is 1. The Bertz CT molecular complexity index is 409. The predicted octanol–water partition coefficient (Wildman–Crippen LogP) is 2.99. The summed E-state index contributed by atoms with van der Waals surface area (Å²) in [4.78, 5) is 19.7. The molecule has 0 spiro atoms. The monoisotopic (exact) mass is 295 g/mol. The molecule has 17 heavy (non-hydrogen) atoms. The van der Waals surface area contributed by atoms with Crippen molar-refractivity contribution in [2.45, 2.75) is 12.8 Å². The molecule has 1 aliphatic rings. The molecule has 90 valence electrons. The van der Waals surface area contributed by atoms with Crippen molar-refractivity contribution in [1.82, 2.24) is 9.88 Å². The Labute approximate surface area is 109 Å². The number of pyridine rings is 1. The lowest BCUT2D eigenvalue weighted by Crippen LogP contribution is -2.39. The van der Waals surface area contributed by atoms with Gasteiger partial charge in [-0.25, -0.2) is 4.79 Å². The fourth-order valence-corrected chi connectivity index (χ4v) is 2.20. The van der Waals surface area contributed by atoms with Crippen LogP contribution in [0.5, 0.6) is 0 Å². The summed E-state index contributed by atoms with van der Waals surface area (Å²) in [6.07, 6.45) is 5.20. The average Bonchev–Trinajstić information content (AvgIpc) is 2.40. The molecule has 1 N–H and O–H groups in total. The van der Waals surface area contributed by atoms with Gasteiger partial charge in [-0.2, -0.15) is 0 Å². The summed E-state index contributed by atoms with van der Waals surface area (Å²) >= 11 is 3.33.